The lowest BCUT2D eigenvalue weighted by Crippen LogP contribution is -2.30. The van der Waals surface area contributed by atoms with E-state index < -0.39 is 0 Å². The second-order valence-electron chi connectivity index (χ2n) is 15.6. The number of anilines is 6. The molecule has 0 N–H and O–H groups in total. The van der Waals surface area contributed by atoms with E-state index >= 15 is 4.39 Å². The van der Waals surface area contributed by atoms with Gasteiger partial charge in [-0.1, -0.05) is 83.1 Å². The first-order valence-electron chi connectivity index (χ1n) is 18.4. The van der Waals surface area contributed by atoms with Crippen LogP contribution in [0.5, 0.6) is 0 Å². The standard InChI is InChI=1S/C45H29Br3Cl2FN3/c46-25-1-8-35-21(11-25)15-30-16-24-14-29(51)20-33(44(24)52(30)35)42-40-18-23-13-27(48)3-10-37(23)54(40)45-32(6-7-34(50)43(42)45)41-31-5-4-28(49)19-38(31)53-36-9-2-26(47)12-22(36)17-39(41)53/h1-14,19-20,30,39-42H,15-18H2. The van der Waals surface area contributed by atoms with Crippen molar-refractivity contribution in [1.29, 1.82) is 0 Å². The number of halogens is 6. The van der Waals surface area contributed by atoms with Gasteiger partial charge in [0.25, 0.3) is 0 Å². The van der Waals surface area contributed by atoms with Gasteiger partial charge in [0.15, 0.2) is 0 Å². The molecular weight excluding hydrogens is 912 g/mol. The Balaban J connectivity index is 1.10. The van der Waals surface area contributed by atoms with Crippen LogP contribution in [0.4, 0.5) is 38.5 Å². The first-order valence-corrected chi connectivity index (χ1v) is 21.5. The molecule has 6 aromatic rings. The monoisotopic (exact) mass is 937 g/mol. The molecule has 0 radical (unpaired) electrons. The first-order chi connectivity index (χ1) is 26.2. The van der Waals surface area contributed by atoms with Gasteiger partial charge in [0, 0.05) is 87.4 Å². The van der Waals surface area contributed by atoms with Gasteiger partial charge in [-0.2, -0.15) is 0 Å². The van der Waals surface area contributed by atoms with E-state index in [2.05, 4.69) is 141 Å². The summed E-state index contributed by atoms with van der Waals surface area (Å²) >= 11 is 25.5. The number of hydrogen-bond acceptors (Lipinski definition) is 3. The van der Waals surface area contributed by atoms with Crippen LogP contribution >= 0.6 is 71.0 Å². The summed E-state index contributed by atoms with van der Waals surface area (Å²) < 4.78 is 19.3. The number of rotatable bonds is 2. The molecule has 0 spiro atoms. The molecule has 6 aliphatic heterocycles. The topological polar surface area (TPSA) is 9.72 Å². The fourth-order valence-electron chi connectivity index (χ4n) is 11.1. The lowest BCUT2D eigenvalue weighted by molar-refractivity contribution is 0.610. The van der Waals surface area contributed by atoms with Crippen LogP contribution in [0.3, 0.4) is 0 Å². The average Bonchev–Trinajstić information content (AvgIpc) is 3.96. The maximum Gasteiger partial charge on any atom is 0.123 e. The predicted octanol–water partition coefficient (Wildman–Crippen LogP) is 13.5. The van der Waals surface area contributed by atoms with E-state index in [9.17, 15) is 0 Å². The van der Waals surface area contributed by atoms with Gasteiger partial charge in [-0.15, -0.1) is 0 Å². The molecule has 0 fully saturated rings. The van der Waals surface area contributed by atoms with Crippen LogP contribution in [0.25, 0.3) is 0 Å². The maximum absolute atomic E-state index is 16.1. The van der Waals surface area contributed by atoms with Gasteiger partial charge in [-0.25, -0.2) is 4.39 Å². The van der Waals surface area contributed by atoms with Gasteiger partial charge in [0.05, 0.1) is 5.69 Å². The summed E-state index contributed by atoms with van der Waals surface area (Å²) in [5.74, 6) is -0.279. The van der Waals surface area contributed by atoms with Crippen LogP contribution in [-0.2, 0) is 25.7 Å². The van der Waals surface area contributed by atoms with Gasteiger partial charge >= 0.3 is 0 Å². The number of hydrogen-bond donors (Lipinski definition) is 0. The van der Waals surface area contributed by atoms with Crippen molar-refractivity contribution in [1.82, 2.24) is 0 Å². The molecule has 0 saturated heterocycles. The molecule has 54 heavy (non-hydrogen) atoms. The Hall–Kier alpha value is -3.33. The van der Waals surface area contributed by atoms with E-state index in [4.69, 9.17) is 23.2 Å². The highest BCUT2D eigenvalue weighted by molar-refractivity contribution is 9.11. The third-order valence-corrected chi connectivity index (χ3v) is 14.9. The third kappa shape index (κ3) is 4.45. The number of fused-ring (bicyclic) bond motifs is 15. The van der Waals surface area contributed by atoms with E-state index in [0.717, 1.165) is 77.2 Å². The zero-order chi connectivity index (χ0) is 36.3. The molecule has 6 aliphatic rings. The Labute approximate surface area is 348 Å². The molecule has 6 heterocycles. The predicted molar refractivity (Wildman–Crippen MR) is 228 cm³/mol. The average molecular weight is 941 g/mol. The molecule has 5 atom stereocenters. The van der Waals surface area contributed by atoms with Crippen LogP contribution in [0.2, 0.25) is 10.0 Å². The van der Waals surface area contributed by atoms with Crippen LogP contribution < -0.4 is 14.7 Å². The lowest BCUT2D eigenvalue weighted by Gasteiger charge is -2.29. The molecule has 0 amide bonds. The molecule has 0 aliphatic carbocycles. The van der Waals surface area contributed by atoms with Gasteiger partial charge in [0.1, 0.15) is 5.82 Å². The molecule has 6 aromatic carbocycles. The second kappa shape index (κ2) is 11.6. The fourth-order valence-corrected chi connectivity index (χ4v) is 12.8. The molecule has 0 aromatic heterocycles. The summed E-state index contributed by atoms with van der Waals surface area (Å²) in [7, 11) is 0. The van der Waals surface area contributed by atoms with Gasteiger partial charge in [-0.05, 0) is 150 Å². The number of nitrogens with zero attached hydrogens (tertiary/aromatic N) is 3. The molecule has 12 rings (SSSR count). The fraction of sp³-hybridized carbons (Fsp3) is 0.200. The Morgan fingerprint density at radius 1 is 0.500 bits per heavy atom. The highest BCUT2D eigenvalue weighted by Crippen LogP contribution is 2.64. The van der Waals surface area contributed by atoms with Crippen molar-refractivity contribution in [2.75, 3.05) is 14.7 Å². The lowest BCUT2D eigenvalue weighted by atomic mass is 9.80. The summed E-state index contributed by atoms with van der Waals surface area (Å²) in [6.07, 6.45) is 3.49. The van der Waals surface area contributed by atoms with Crippen molar-refractivity contribution < 1.29 is 4.39 Å². The van der Waals surface area contributed by atoms with E-state index in [1.54, 1.807) is 6.07 Å². The molecular formula is C45H29Br3Cl2FN3. The quantitative estimate of drug-likeness (QED) is 0.171. The van der Waals surface area contributed by atoms with Crippen molar-refractivity contribution in [3.05, 3.63) is 171 Å². The Kier molecular flexibility index (Phi) is 7.07. The van der Waals surface area contributed by atoms with Gasteiger partial charge in [-0.3, -0.25) is 0 Å². The maximum atomic E-state index is 16.1. The molecule has 3 nitrogen and oxygen atoms in total. The highest BCUT2D eigenvalue weighted by Gasteiger charge is 2.53. The molecule has 0 saturated carbocycles. The summed E-state index contributed by atoms with van der Waals surface area (Å²) in [6.45, 7) is 0. The molecule has 9 heteroatoms. The normalized spacial score (nSPS) is 23.1. The third-order valence-electron chi connectivity index (χ3n) is 12.9. The smallest absolute Gasteiger partial charge is 0.123 e. The Morgan fingerprint density at radius 3 is 1.80 bits per heavy atom. The van der Waals surface area contributed by atoms with Crippen molar-refractivity contribution in [3.8, 4) is 0 Å². The molecule has 5 unspecified atom stereocenters. The first kappa shape index (κ1) is 32.9. The largest absolute Gasteiger partial charge is 0.337 e. The van der Waals surface area contributed by atoms with Crippen molar-refractivity contribution in [2.45, 2.75) is 55.6 Å². The van der Waals surface area contributed by atoms with Crippen LogP contribution in [0, 0.1) is 5.82 Å². The molecule has 266 valence electrons. The summed E-state index contributed by atoms with van der Waals surface area (Å²) in [4.78, 5) is 7.59. The number of benzene rings is 6. The van der Waals surface area contributed by atoms with E-state index in [0.29, 0.717) is 0 Å². The van der Waals surface area contributed by atoms with Crippen molar-refractivity contribution >= 4 is 105 Å². The van der Waals surface area contributed by atoms with Crippen LogP contribution in [0.15, 0.2) is 110 Å². The summed E-state index contributed by atoms with van der Waals surface area (Å²) in [5.41, 5.74) is 16.8. The van der Waals surface area contributed by atoms with Gasteiger partial charge < -0.3 is 14.7 Å². The zero-order valence-corrected chi connectivity index (χ0v) is 34.8. The highest BCUT2D eigenvalue weighted by atomic mass is 79.9. The summed E-state index contributed by atoms with van der Waals surface area (Å²) in [6, 6.07) is 34.6. The molecule has 0 bridgehead atoms. The zero-order valence-electron chi connectivity index (χ0n) is 28.6. The van der Waals surface area contributed by atoms with Crippen molar-refractivity contribution in [3.63, 3.8) is 0 Å². The summed E-state index contributed by atoms with van der Waals surface area (Å²) in [5, 5.41) is 1.46. The van der Waals surface area contributed by atoms with E-state index in [1.807, 2.05) is 12.1 Å². The Bertz CT molecular complexity index is 2680. The van der Waals surface area contributed by atoms with E-state index in [-0.39, 0.29) is 35.8 Å². The van der Waals surface area contributed by atoms with Crippen LogP contribution in [0.1, 0.15) is 56.3 Å². The van der Waals surface area contributed by atoms with E-state index in [1.165, 1.54) is 50.6 Å². The minimum Gasteiger partial charge on any atom is -0.337 e. The van der Waals surface area contributed by atoms with Gasteiger partial charge in [0.2, 0.25) is 0 Å². The SMILES string of the molecule is Fc1cc2c(c(C3c4c(Cl)ccc(C5c6ccc(Cl)cc6N6c7ccc(Br)cc7CC56)c4N4c5ccc(Br)cc5CC34)c1)N1c3ccc(Br)cc3CC1C2. The Morgan fingerprint density at radius 2 is 1.09 bits per heavy atom. The van der Waals surface area contributed by atoms with Crippen molar-refractivity contribution in [2.24, 2.45) is 0 Å². The second-order valence-corrected chi connectivity index (χ2v) is 19.2. The van der Waals surface area contributed by atoms with Crippen LogP contribution in [-0.4, -0.2) is 18.1 Å². The minimum absolute atomic E-state index is 0.0267. The minimum atomic E-state index is -0.182.